The second kappa shape index (κ2) is 7.77. The monoisotopic (exact) mass is 320 g/mol. The van der Waals surface area contributed by atoms with Crippen LogP contribution in [0.15, 0.2) is 48.5 Å². The van der Waals surface area contributed by atoms with Crippen molar-refractivity contribution in [2.24, 2.45) is 0 Å². The molecule has 1 unspecified atom stereocenters. The first-order chi connectivity index (χ1) is 10.6. The highest BCUT2D eigenvalue weighted by atomic mass is 35.5. The average molecular weight is 321 g/mol. The molecule has 0 bridgehead atoms. The lowest BCUT2D eigenvalue weighted by atomic mass is 10.0. The molecule has 1 atom stereocenters. The van der Waals surface area contributed by atoms with E-state index < -0.39 is 4.92 Å². The van der Waals surface area contributed by atoms with Gasteiger partial charge in [0, 0.05) is 18.7 Å². The third kappa shape index (κ3) is 4.19. The fraction of sp³-hybridized carbons (Fsp3) is 0.250. The second-order valence-electron chi connectivity index (χ2n) is 4.89. The van der Waals surface area contributed by atoms with Crippen LogP contribution in [-0.2, 0) is 0 Å². The van der Waals surface area contributed by atoms with Crippen molar-refractivity contribution >= 4 is 23.0 Å². The fourth-order valence-corrected chi connectivity index (χ4v) is 2.45. The van der Waals surface area contributed by atoms with Crippen molar-refractivity contribution < 1.29 is 10.0 Å². The maximum absolute atomic E-state index is 10.7. The molecule has 0 saturated heterocycles. The highest BCUT2D eigenvalue weighted by molar-refractivity contribution is 6.33. The summed E-state index contributed by atoms with van der Waals surface area (Å²) in [5.74, 6) is 0. The van der Waals surface area contributed by atoms with Gasteiger partial charge in [0.25, 0.3) is 5.69 Å². The first-order valence-corrected chi connectivity index (χ1v) is 7.36. The highest BCUT2D eigenvalue weighted by Gasteiger charge is 2.14. The van der Waals surface area contributed by atoms with E-state index >= 15 is 0 Å². The third-order valence-electron chi connectivity index (χ3n) is 3.35. The molecule has 5 nitrogen and oxygen atoms in total. The lowest BCUT2D eigenvalue weighted by Gasteiger charge is -2.21. The maximum Gasteiger partial charge on any atom is 0.271 e. The number of aliphatic hydroxyl groups excluding tert-OH is 1. The predicted octanol–water partition coefficient (Wildman–Crippen LogP) is 4.17. The molecule has 22 heavy (non-hydrogen) atoms. The minimum Gasteiger partial charge on any atom is -0.396 e. The lowest BCUT2D eigenvalue weighted by molar-refractivity contribution is -0.384. The molecule has 2 rings (SSSR count). The molecule has 0 aromatic heterocycles. The van der Waals surface area contributed by atoms with Gasteiger partial charge in [0.05, 0.1) is 21.7 Å². The van der Waals surface area contributed by atoms with Gasteiger partial charge in [-0.3, -0.25) is 10.1 Å². The molecule has 116 valence electrons. The van der Waals surface area contributed by atoms with Gasteiger partial charge in [0.2, 0.25) is 0 Å². The standard InChI is InChI=1S/C16H17ClN2O3/c17-14-11-13(19(21)22)8-9-16(14)18-15(7-4-10-20)12-5-2-1-3-6-12/h1-3,5-6,8-9,11,15,18,20H,4,7,10H2. The average Bonchev–Trinajstić information content (AvgIpc) is 2.53. The molecule has 2 aromatic rings. The number of benzene rings is 2. The molecule has 0 radical (unpaired) electrons. The number of hydrogen-bond acceptors (Lipinski definition) is 4. The van der Waals surface area contributed by atoms with E-state index in [0.717, 1.165) is 12.0 Å². The van der Waals surface area contributed by atoms with Crippen molar-refractivity contribution in [3.8, 4) is 0 Å². The van der Waals surface area contributed by atoms with Crippen LogP contribution in [0.4, 0.5) is 11.4 Å². The van der Waals surface area contributed by atoms with Gasteiger partial charge in [-0.15, -0.1) is 0 Å². The second-order valence-corrected chi connectivity index (χ2v) is 5.30. The molecule has 0 saturated carbocycles. The highest BCUT2D eigenvalue weighted by Crippen LogP contribution is 2.31. The number of nitro benzene ring substituents is 1. The van der Waals surface area contributed by atoms with Crippen LogP contribution in [0.2, 0.25) is 5.02 Å². The number of hydrogen-bond donors (Lipinski definition) is 2. The Morgan fingerprint density at radius 3 is 2.55 bits per heavy atom. The summed E-state index contributed by atoms with van der Waals surface area (Å²) in [4.78, 5) is 10.3. The first kappa shape index (κ1) is 16.3. The smallest absolute Gasteiger partial charge is 0.271 e. The summed E-state index contributed by atoms with van der Waals surface area (Å²) in [5.41, 5.74) is 1.67. The Kier molecular flexibility index (Phi) is 5.75. The van der Waals surface area contributed by atoms with E-state index in [2.05, 4.69) is 5.32 Å². The van der Waals surface area contributed by atoms with Crippen LogP contribution in [0.5, 0.6) is 0 Å². The Bertz CT molecular complexity index is 635. The molecule has 0 aliphatic heterocycles. The number of nitro groups is 1. The summed E-state index contributed by atoms with van der Waals surface area (Å²) < 4.78 is 0. The Morgan fingerprint density at radius 1 is 1.23 bits per heavy atom. The summed E-state index contributed by atoms with van der Waals surface area (Å²) in [6, 6.07) is 14.2. The van der Waals surface area contributed by atoms with Crippen molar-refractivity contribution in [3.05, 3.63) is 69.2 Å². The zero-order valence-corrected chi connectivity index (χ0v) is 12.7. The van der Waals surface area contributed by atoms with Crippen molar-refractivity contribution in [1.82, 2.24) is 0 Å². The number of nitrogens with zero attached hydrogens (tertiary/aromatic N) is 1. The number of aliphatic hydroxyl groups is 1. The number of non-ortho nitro benzene ring substituents is 1. The zero-order chi connectivity index (χ0) is 15.9. The molecule has 0 heterocycles. The van der Waals surface area contributed by atoms with Crippen LogP contribution >= 0.6 is 11.6 Å². The number of nitrogens with one attached hydrogen (secondary N) is 1. The summed E-state index contributed by atoms with van der Waals surface area (Å²) in [5, 5.41) is 23.4. The molecule has 2 N–H and O–H groups in total. The summed E-state index contributed by atoms with van der Waals surface area (Å²) in [7, 11) is 0. The molecule has 0 amide bonds. The fourth-order valence-electron chi connectivity index (χ4n) is 2.23. The van der Waals surface area contributed by atoms with Gasteiger partial charge >= 0.3 is 0 Å². The van der Waals surface area contributed by atoms with E-state index in [9.17, 15) is 10.1 Å². The predicted molar refractivity (Wildman–Crippen MR) is 87.2 cm³/mol. The van der Waals surface area contributed by atoms with E-state index in [1.807, 2.05) is 30.3 Å². The molecule has 0 aliphatic carbocycles. The molecule has 0 aliphatic rings. The van der Waals surface area contributed by atoms with Crippen LogP contribution in [-0.4, -0.2) is 16.6 Å². The van der Waals surface area contributed by atoms with Crippen LogP contribution in [0.25, 0.3) is 0 Å². The van der Waals surface area contributed by atoms with Crippen LogP contribution < -0.4 is 5.32 Å². The van der Waals surface area contributed by atoms with E-state index in [1.54, 1.807) is 6.07 Å². The largest absolute Gasteiger partial charge is 0.396 e. The van der Waals surface area contributed by atoms with E-state index in [0.29, 0.717) is 17.1 Å². The van der Waals surface area contributed by atoms with Crippen molar-refractivity contribution in [3.63, 3.8) is 0 Å². The molecule has 2 aromatic carbocycles. The van der Waals surface area contributed by atoms with Crippen LogP contribution in [0.1, 0.15) is 24.4 Å². The summed E-state index contributed by atoms with van der Waals surface area (Å²) >= 11 is 6.12. The topological polar surface area (TPSA) is 75.4 Å². The molecular weight excluding hydrogens is 304 g/mol. The van der Waals surface area contributed by atoms with Crippen LogP contribution in [0.3, 0.4) is 0 Å². The van der Waals surface area contributed by atoms with Gasteiger partial charge in [-0.25, -0.2) is 0 Å². The van der Waals surface area contributed by atoms with Crippen molar-refractivity contribution in [1.29, 1.82) is 0 Å². The van der Waals surface area contributed by atoms with Gasteiger partial charge in [0.15, 0.2) is 0 Å². The Hall–Kier alpha value is -2.11. The quantitative estimate of drug-likeness (QED) is 0.593. The Morgan fingerprint density at radius 2 is 1.95 bits per heavy atom. The van der Waals surface area contributed by atoms with E-state index in [1.165, 1.54) is 12.1 Å². The van der Waals surface area contributed by atoms with Gasteiger partial charge in [0.1, 0.15) is 0 Å². The first-order valence-electron chi connectivity index (χ1n) is 6.98. The lowest BCUT2D eigenvalue weighted by Crippen LogP contribution is -2.12. The number of rotatable bonds is 7. The number of anilines is 1. The van der Waals surface area contributed by atoms with Crippen molar-refractivity contribution in [2.45, 2.75) is 18.9 Å². The summed E-state index contributed by atoms with van der Waals surface area (Å²) in [6.07, 6.45) is 1.38. The molecule has 0 spiro atoms. The summed E-state index contributed by atoms with van der Waals surface area (Å²) in [6.45, 7) is 0.110. The van der Waals surface area contributed by atoms with Gasteiger partial charge in [-0.05, 0) is 24.5 Å². The van der Waals surface area contributed by atoms with Gasteiger partial charge in [-0.1, -0.05) is 41.9 Å². The molecule has 0 fully saturated rings. The third-order valence-corrected chi connectivity index (χ3v) is 3.66. The maximum atomic E-state index is 10.7. The Labute approximate surface area is 133 Å². The van der Waals surface area contributed by atoms with Gasteiger partial charge < -0.3 is 10.4 Å². The number of halogens is 1. The molecular formula is C16H17ClN2O3. The van der Waals surface area contributed by atoms with Crippen molar-refractivity contribution in [2.75, 3.05) is 11.9 Å². The molecule has 6 heteroatoms. The van der Waals surface area contributed by atoms with Gasteiger partial charge in [-0.2, -0.15) is 0 Å². The van der Waals surface area contributed by atoms with Crippen LogP contribution in [0, 0.1) is 10.1 Å². The minimum atomic E-state index is -0.476. The van der Waals surface area contributed by atoms with E-state index in [4.69, 9.17) is 16.7 Å². The minimum absolute atomic E-state index is 0.0210. The zero-order valence-electron chi connectivity index (χ0n) is 11.9. The normalized spacial score (nSPS) is 11.9. The SMILES string of the molecule is O=[N+]([O-])c1ccc(NC(CCCO)c2ccccc2)c(Cl)c1. The Balaban J connectivity index is 2.21. The van der Waals surface area contributed by atoms with E-state index in [-0.39, 0.29) is 18.3 Å².